The highest BCUT2D eigenvalue weighted by Crippen LogP contribution is 2.21. The molecule has 0 aliphatic rings. The number of sulfonamides is 1. The van der Waals surface area contributed by atoms with Crippen LogP contribution in [0.5, 0.6) is 5.75 Å². The molecule has 0 amide bonds. The van der Waals surface area contributed by atoms with Gasteiger partial charge in [-0.25, -0.2) is 18.1 Å². The van der Waals surface area contributed by atoms with Crippen molar-refractivity contribution in [3.63, 3.8) is 0 Å². The van der Waals surface area contributed by atoms with E-state index in [0.717, 1.165) is 5.56 Å². The van der Waals surface area contributed by atoms with Crippen LogP contribution in [0.2, 0.25) is 0 Å². The minimum Gasteiger partial charge on any atom is -0.497 e. The average molecular weight is 310 g/mol. The van der Waals surface area contributed by atoms with E-state index in [0.29, 0.717) is 5.75 Å². The van der Waals surface area contributed by atoms with Crippen molar-refractivity contribution < 1.29 is 13.2 Å². The smallest absolute Gasteiger partial charge is 0.260 e. The molecule has 0 saturated carbocycles. The van der Waals surface area contributed by atoms with Crippen LogP contribution < -0.4 is 15.2 Å². The molecule has 0 aliphatic carbocycles. The number of nitrogen functional groups attached to an aromatic ring is 1. The number of hydrogen-bond donors (Lipinski definition) is 2. The predicted molar refractivity (Wildman–Crippen MR) is 79.4 cm³/mol. The first-order valence-electron chi connectivity index (χ1n) is 6.28. The topological polar surface area (TPSA) is 99.2 Å². The summed E-state index contributed by atoms with van der Waals surface area (Å²) in [5.74, 6) is 0.691. The highest BCUT2D eigenvalue weighted by atomic mass is 32.2. The quantitative estimate of drug-likeness (QED) is 0.860. The molecular weight excluding hydrogens is 292 g/mol. The first kappa shape index (κ1) is 15.3. The molecule has 0 spiro atoms. The normalized spacial score (nSPS) is 13.1. The van der Waals surface area contributed by atoms with Gasteiger partial charge >= 0.3 is 0 Å². The first-order chi connectivity index (χ1) is 9.85. The second-order valence-corrected chi connectivity index (χ2v) is 6.29. The zero-order valence-corrected chi connectivity index (χ0v) is 12.9. The Morgan fingerprint density at radius 2 is 1.95 bits per heavy atom. The largest absolute Gasteiger partial charge is 0.497 e. The summed E-state index contributed by atoms with van der Waals surface area (Å²) in [5.41, 5.74) is 6.43. The van der Waals surface area contributed by atoms with E-state index in [4.69, 9.17) is 10.5 Å². The molecular formula is C13H18N4O3S. The van der Waals surface area contributed by atoms with E-state index >= 15 is 0 Å². The average Bonchev–Trinajstić information content (AvgIpc) is 2.78. The van der Waals surface area contributed by atoms with E-state index in [1.807, 2.05) is 0 Å². The van der Waals surface area contributed by atoms with Crippen molar-refractivity contribution >= 4 is 15.8 Å². The Hall–Kier alpha value is -2.06. The zero-order valence-electron chi connectivity index (χ0n) is 12.1. The van der Waals surface area contributed by atoms with E-state index in [2.05, 4.69) is 9.71 Å². The number of hydrogen-bond acceptors (Lipinski definition) is 5. The molecule has 1 aromatic carbocycles. The molecule has 0 fully saturated rings. The fraction of sp³-hybridized carbons (Fsp3) is 0.308. The number of nitrogens with one attached hydrogen (secondary N) is 1. The summed E-state index contributed by atoms with van der Waals surface area (Å²) in [6, 6.07) is 6.75. The molecule has 21 heavy (non-hydrogen) atoms. The lowest BCUT2D eigenvalue weighted by Crippen LogP contribution is -2.29. The summed E-state index contributed by atoms with van der Waals surface area (Å²) < 4.78 is 33.8. The van der Waals surface area contributed by atoms with E-state index in [1.54, 1.807) is 45.3 Å². The highest BCUT2D eigenvalue weighted by molar-refractivity contribution is 7.89. The number of rotatable bonds is 5. The van der Waals surface area contributed by atoms with E-state index < -0.39 is 16.1 Å². The van der Waals surface area contributed by atoms with Gasteiger partial charge in [-0.2, -0.15) is 0 Å². The minimum absolute atomic E-state index is 0.0214. The van der Waals surface area contributed by atoms with Crippen LogP contribution in [-0.4, -0.2) is 25.1 Å². The molecule has 0 aliphatic heterocycles. The van der Waals surface area contributed by atoms with Crippen LogP contribution in [0.3, 0.4) is 0 Å². The van der Waals surface area contributed by atoms with Gasteiger partial charge in [-0.05, 0) is 24.6 Å². The van der Waals surface area contributed by atoms with Crippen molar-refractivity contribution in [2.45, 2.75) is 18.0 Å². The van der Waals surface area contributed by atoms with Crippen LogP contribution in [0.4, 0.5) is 5.82 Å². The Bertz CT molecular complexity index is 703. The molecule has 0 radical (unpaired) electrons. The maximum Gasteiger partial charge on any atom is 0.260 e. The molecule has 1 unspecified atom stereocenters. The van der Waals surface area contributed by atoms with Crippen molar-refractivity contribution in [2.24, 2.45) is 7.05 Å². The Morgan fingerprint density at radius 3 is 2.43 bits per heavy atom. The highest BCUT2D eigenvalue weighted by Gasteiger charge is 2.24. The lowest BCUT2D eigenvalue weighted by molar-refractivity contribution is 0.414. The van der Waals surface area contributed by atoms with Gasteiger partial charge < -0.3 is 15.0 Å². The first-order valence-corrected chi connectivity index (χ1v) is 7.76. The van der Waals surface area contributed by atoms with Crippen molar-refractivity contribution in [2.75, 3.05) is 12.8 Å². The molecule has 0 saturated heterocycles. The number of benzene rings is 1. The second kappa shape index (κ2) is 5.74. The molecule has 1 heterocycles. The van der Waals surface area contributed by atoms with Crippen molar-refractivity contribution in [3.8, 4) is 5.75 Å². The number of anilines is 1. The standard InChI is InChI=1S/C13H18N4O3S/c1-9(10-4-6-11(20-3)7-5-10)16-21(18,19)13-12(14)15-8-17(13)2/h4-9,16H,14H2,1-3H3. The minimum atomic E-state index is -3.75. The van der Waals surface area contributed by atoms with Gasteiger partial charge in [0.05, 0.1) is 13.4 Å². The number of imidazole rings is 1. The number of ether oxygens (including phenoxy) is 1. The molecule has 114 valence electrons. The second-order valence-electron chi connectivity index (χ2n) is 4.66. The number of nitrogens with zero attached hydrogens (tertiary/aromatic N) is 2. The molecule has 7 nitrogen and oxygen atoms in total. The summed E-state index contributed by atoms with van der Waals surface area (Å²) in [4.78, 5) is 3.79. The van der Waals surface area contributed by atoms with Crippen LogP contribution in [-0.2, 0) is 17.1 Å². The number of methoxy groups -OCH3 is 1. The predicted octanol–water partition coefficient (Wildman–Crippen LogP) is 1.05. The fourth-order valence-corrected chi connectivity index (χ4v) is 3.48. The third-order valence-corrected chi connectivity index (χ3v) is 4.78. The van der Waals surface area contributed by atoms with E-state index in [9.17, 15) is 8.42 Å². The Balaban J connectivity index is 2.23. The lowest BCUT2D eigenvalue weighted by atomic mass is 10.1. The number of nitrogens with two attached hydrogens (primary N) is 1. The van der Waals surface area contributed by atoms with Crippen molar-refractivity contribution in [1.29, 1.82) is 0 Å². The third-order valence-electron chi connectivity index (χ3n) is 3.11. The molecule has 0 bridgehead atoms. The van der Waals surface area contributed by atoms with Crippen LogP contribution in [0, 0.1) is 0 Å². The van der Waals surface area contributed by atoms with Crippen molar-refractivity contribution in [1.82, 2.24) is 14.3 Å². The summed E-state index contributed by atoms with van der Waals surface area (Å²) in [6.45, 7) is 1.76. The SMILES string of the molecule is COc1ccc(C(C)NS(=O)(=O)c2c(N)ncn2C)cc1. The fourth-order valence-electron chi connectivity index (χ4n) is 2.01. The molecule has 1 atom stereocenters. The Kier molecular flexibility index (Phi) is 4.19. The maximum atomic E-state index is 12.4. The van der Waals surface area contributed by atoms with Gasteiger partial charge in [-0.1, -0.05) is 12.1 Å². The van der Waals surface area contributed by atoms with Gasteiger partial charge in [0, 0.05) is 13.1 Å². The van der Waals surface area contributed by atoms with Crippen LogP contribution in [0.1, 0.15) is 18.5 Å². The summed E-state index contributed by atoms with van der Waals surface area (Å²) in [7, 11) is -0.592. The Labute approximate surface area is 123 Å². The Morgan fingerprint density at radius 1 is 1.33 bits per heavy atom. The monoisotopic (exact) mass is 310 g/mol. The van der Waals surface area contributed by atoms with Gasteiger partial charge in [-0.3, -0.25) is 0 Å². The number of aryl methyl sites for hydroxylation is 1. The lowest BCUT2D eigenvalue weighted by Gasteiger charge is -2.15. The van der Waals surface area contributed by atoms with Gasteiger partial charge in [0.2, 0.25) is 0 Å². The molecule has 3 N–H and O–H groups in total. The van der Waals surface area contributed by atoms with Gasteiger partial charge in [-0.15, -0.1) is 0 Å². The van der Waals surface area contributed by atoms with E-state index in [1.165, 1.54) is 10.9 Å². The van der Waals surface area contributed by atoms with Gasteiger partial charge in [0.1, 0.15) is 5.75 Å². The van der Waals surface area contributed by atoms with Crippen LogP contribution >= 0.6 is 0 Å². The third kappa shape index (κ3) is 3.17. The van der Waals surface area contributed by atoms with Gasteiger partial charge in [0.15, 0.2) is 10.8 Å². The molecule has 8 heteroatoms. The van der Waals surface area contributed by atoms with Crippen molar-refractivity contribution in [3.05, 3.63) is 36.2 Å². The van der Waals surface area contributed by atoms with Crippen LogP contribution in [0.25, 0.3) is 0 Å². The molecule has 1 aromatic heterocycles. The maximum absolute atomic E-state index is 12.4. The molecule has 2 aromatic rings. The van der Waals surface area contributed by atoms with Gasteiger partial charge in [0.25, 0.3) is 10.0 Å². The number of aromatic nitrogens is 2. The van der Waals surface area contributed by atoms with E-state index in [-0.39, 0.29) is 10.8 Å². The zero-order chi connectivity index (χ0) is 15.6. The van der Waals surface area contributed by atoms with Crippen LogP contribution in [0.15, 0.2) is 35.6 Å². The summed E-state index contributed by atoms with van der Waals surface area (Å²) in [6.07, 6.45) is 1.36. The summed E-state index contributed by atoms with van der Waals surface area (Å²) >= 11 is 0. The molecule has 2 rings (SSSR count). The summed E-state index contributed by atoms with van der Waals surface area (Å²) in [5, 5.41) is -0.0390.